The van der Waals surface area contributed by atoms with Crippen molar-refractivity contribution in [1.29, 1.82) is 0 Å². The molecule has 6 heteroatoms. The summed E-state index contributed by atoms with van der Waals surface area (Å²) in [6, 6.07) is 0. The van der Waals surface area contributed by atoms with Crippen molar-refractivity contribution in [3.63, 3.8) is 0 Å². The van der Waals surface area contributed by atoms with E-state index in [0.29, 0.717) is 12.8 Å². The summed E-state index contributed by atoms with van der Waals surface area (Å²) < 4.78 is 16.9. The van der Waals surface area contributed by atoms with E-state index in [1.165, 1.54) is 57.8 Å². The minimum atomic E-state index is -0.808. The third-order valence-electron chi connectivity index (χ3n) is 13.4. The van der Waals surface area contributed by atoms with Crippen LogP contribution in [0.4, 0.5) is 0 Å². The Kier molecular flexibility index (Phi) is 63.9. The SMILES string of the molecule is CC/C=C\C/C=C\C/C=C\C/C=C\C/C=C\C/C=C\C/C=C\C/C=C\C/C=C\CCCCCCCCCC(=O)OCC(COC(=O)CCCCCCC/C=C\CCCCC)OC(=O)CCCCCC/C=C\C/C=C\C/C=C\C/C=C\CC. The van der Waals surface area contributed by atoms with Crippen molar-refractivity contribution in [1.82, 2.24) is 0 Å². The smallest absolute Gasteiger partial charge is 0.306 e. The molecule has 82 heavy (non-hydrogen) atoms. The van der Waals surface area contributed by atoms with Gasteiger partial charge in [0.15, 0.2) is 6.10 Å². The van der Waals surface area contributed by atoms with Gasteiger partial charge in [-0.05, 0) is 154 Å². The highest BCUT2D eigenvalue weighted by Gasteiger charge is 2.19. The Bertz CT molecular complexity index is 1870. The molecule has 0 radical (unpaired) electrons. The summed E-state index contributed by atoms with van der Waals surface area (Å²) in [5.41, 5.74) is 0. The monoisotopic (exact) mass is 1130 g/mol. The zero-order chi connectivity index (χ0) is 59.2. The summed E-state index contributed by atoms with van der Waals surface area (Å²) in [6.45, 7) is 6.34. The second-order valence-electron chi connectivity index (χ2n) is 21.3. The van der Waals surface area contributed by atoms with Gasteiger partial charge in [0.25, 0.3) is 0 Å². The first kappa shape index (κ1) is 76.8. The molecule has 0 aromatic rings. The van der Waals surface area contributed by atoms with E-state index < -0.39 is 6.10 Å². The molecule has 0 rings (SSSR count). The minimum absolute atomic E-state index is 0.102. The van der Waals surface area contributed by atoms with Crippen LogP contribution in [-0.4, -0.2) is 37.2 Å². The Labute approximate surface area is 504 Å². The molecule has 0 spiro atoms. The number of allylic oxidation sites excluding steroid dienone is 28. The Morgan fingerprint density at radius 1 is 0.256 bits per heavy atom. The van der Waals surface area contributed by atoms with E-state index >= 15 is 0 Å². The third kappa shape index (κ3) is 65.6. The van der Waals surface area contributed by atoms with Crippen LogP contribution in [0.15, 0.2) is 170 Å². The summed E-state index contributed by atoms with van der Waals surface area (Å²) >= 11 is 0. The zero-order valence-corrected chi connectivity index (χ0v) is 52.7. The average Bonchev–Trinajstić information content (AvgIpc) is 3.47. The van der Waals surface area contributed by atoms with E-state index in [1.54, 1.807) is 0 Å². The van der Waals surface area contributed by atoms with Crippen LogP contribution in [0.25, 0.3) is 0 Å². The van der Waals surface area contributed by atoms with Crippen LogP contribution in [0, 0.1) is 0 Å². The fourth-order valence-corrected chi connectivity index (χ4v) is 8.54. The maximum Gasteiger partial charge on any atom is 0.306 e. The van der Waals surface area contributed by atoms with Crippen LogP contribution in [0.2, 0.25) is 0 Å². The Hall–Kier alpha value is -5.23. The summed E-state index contributed by atoms with van der Waals surface area (Å²) in [5, 5.41) is 0. The molecule has 0 fully saturated rings. The summed E-state index contributed by atoms with van der Waals surface area (Å²) in [6.07, 6.45) is 101. The molecule has 460 valence electrons. The fourth-order valence-electron chi connectivity index (χ4n) is 8.54. The van der Waals surface area contributed by atoms with Crippen molar-refractivity contribution < 1.29 is 28.6 Å². The molecule has 0 aliphatic carbocycles. The zero-order valence-electron chi connectivity index (χ0n) is 52.7. The molecule has 0 amide bonds. The number of unbranched alkanes of at least 4 members (excludes halogenated alkanes) is 19. The number of hydrogen-bond donors (Lipinski definition) is 0. The van der Waals surface area contributed by atoms with Gasteiger partial charge in [0.2, 0.25) is 0 Å². The highest BCUT2D eigenvalue weighted by Crippen LogP contribution is 2.14. The Balaban J connectivity index is 4.31. The van der Waals surface area contributed by atoms with E-state index in [0.717, 1.165) is 173 Å². The van der Waals surface area contributed by atoms with Crippen molar-refractivity contribution in [3.8, 4) is 0 Å². The first-order chi connectivity index (χ1) is 40.5. The second kappa shape index (κ2) is 68.3. The quantitative estimate of drug-likeness (QED) is 0.0261. The van der Waals surface area contributed by atoms with E-state index in [1.807, 2.05) is 0 Å². The highest BCUT2D eigenvalue weighted by atomic mass is 16.6. The number of carbonyl (C=O) groups excluding carboxylic acids is 3. The second-order valence-corrected chi connectivity index (χ2v) is 21.3. The van der Waals surface area contributed by atoms with Gasteiger partial charge in [0.1, 0.15) is 13.2 Å². The van der Waals surface area contributed by atoms with Crippen molar-refractivity contribution in [2.45, 2.75) is 277 Å². The van der Waals surface area contributed by atoms with Crippen LogP contribution >= 0.6 is 0 Å². The molecule has 6 nitrogen and oxygen atoms in total. The van der Waals surface area contributed by atoms with E-state index in [2.05, 4.69) is 191 Å². The van der Waals surface area contributed by atoms with Crippen LogP contribution in [0.1, 0.15) is 271 Å². The Morgan fingerprint density at radius 3 is 0.756 bits per heavy atom. The van der Waals surface area contributed by atoms with Crippen LogP contribution in [-0.2, 0) is 28.6 Å². The van der Waals surface area contributed by atoms with Crippen LogP contribution in [0.5, 0.6) is 0 Å². The predicted octanol–water partition coefficient (Wildman–Crippen LogP) is 23.0. The number of carbonyl (C=O) groups is 3. The molecule has 0 aliphatic rings. The molecule has 0 bridgehead atoms. The van der Waals surface area contributed by atoms with Crippen molar-refractivity contribution in [2.24, 2.45) is 0 Å². The number of hydrogen-bond acceptors (Lipinski definition) is 6. The van der Waals surface area contributed by atoms with Crippen molar-refractivity contribution in [3.05, 3.63) is 170 Å². The molecule has 1 unspecified atom stereocenters. The van der Waals surface area contributed by atoms with E-state index in [4.69, 9.17) is 14.2 Å². The molecule has 0 aromatic heterocycles. The molecule has 0 saturated carbocycles. The Morgan fingerprint density at radius 2 is 0.476 bits per heavy atom. The minimum Gasteiger partial charge on any atom is -0.462 e. The maximum atomic E-state index is 12.9. The van der Waals surface area contributed by atoms with Gasteiger partial charge in [-0.2, -0.15) is 0 Å². The predicted molar refractivity (Wildman–Crippen MR) is 357 cm³/mol. The lowest BCUT2D eigenvalue weighted by atomic mass is 10.1. The highest BCUT2D eigenvalue weighted by molar-refractivity contribution is 5.71. The third-order valence-corrected chi connectivity index (χ3v) is 13.4. The first-order valence-corrected chi connectivity index (χ1v) is 33.1. The van der Waals surface area contributed by atoms with Crippen LogP contribution < -0.4 is 0 Å². The maximum absolute atomic E-state index is 12.9. The summed E-state index contributed by atoms with van der Waals surface area (Å²) in [7, 11) is 0. The molecule has 0 aliphatic heterocycles. The topological polar surface area (TPSA) is 78.9 Å². The van der Waals surface area contributed by atoms with Gasteiger partial charge in [-0.3, -0.25) is 14.4 Å². The lowest BCUT2D eigenvalue weighted by Crippen LogP contribution is -2.30. The van der Waals surface area contributed by atoms with Gasteiger partial charge in [-0.25, -0.2) is 0 Å². The van der Waals surface area contributed by atoms with Gasteiger partial charge in [0.05, 0.1) is 0 Å². The normalized spacial score (nSPS) is 13.3. The number of rotatable bonds is 58. The van der Waals surface area contributed by atoms with Gasteiger partial charge < -0.3 is 14.2 Å². The average molecular weight is 1130 g/mol. The van der Waals surface area contributed by atoms with Crippen molar-refractivity contribution in [2.75, 3.05) is 13.2 Å². The first-order valence-electron chi connectivity index (χ1n) is 33.1. The lowest BCUT2D eigenvalue weighted by Gasteiger charge is -2.18. The molecule has 0 aromatic carbocycles. The lowest BCUT2D eigenvalue weighted by molar-refractivity contribution is -0.167. The number of esters is 3. The molecule has 0 N–H and O–H groups in total. The van der Waals surface area contributed by atoms with Gasteiger partial charge >= 0.3 is 17.9 Å². The van der Waals surface area contributed by atoms with Gasteiger partial charge in [0, 0.05) is 19.3 Å². The van der Waals surface area contributed by atoms with Gasteiger partial charge in [-0.15, -0.1) is 0 Å². The van der Waals surface area contributed by atoms with Crippen molar-refractivity contribution >= 4 is 17.9 Å². The molecule has 1 atom stereocenters. The molecule has 0 saturated heterocycles. The standard InChI is InChI=1S/C76H120O6/c1-4-7-10-13-16-19-22-25-27-29-30-31-32-33-34-35-36-37-38-39-40-41-42-43-44-45-46-48-49-51-54-57-60-63-66-69-75(78)81-72-73(71-80-74(77)68-65-62-59-56-53-24-21-18-15-12-9-6-3)82-76(79)70-67-64-61-58-55-52-50-47-28-26-23-20-17-14-11-8-5-2/h7-8,10-11,16-21,25-28,30-31,33-34,36-37,39-40,42-43,45-46,50,52,73H,4-6,9,12-15,22-24,29,32,35,38,41,44,47-49,51,53-72H2,1-3H3/b10-7-,11-8-,19-16-,20-17-,21-18-,27-25-,28-26-,31-30-,34-33-,37-36-,40-39-,43-42-,46-45-,52-50-. The number of ether oxygens (including phenoxy) is 3. The fraction of sp³-hybridized carbons (Fsp3) is 0.592. The molecular formula is C76H120O6. The molecular weight excluding hydrogens is 1010 g/mol. The van der Waals surface area contributed by atoms with E-state index in [-0.39, 0.29) is 37.5 Å². The molecule has 0 heterocycles. The summed E-state index contributed by atoms with van der Waals surface area (Å²) in [5.74, 6) is -0.950. The van der Waals surface area contributed by atoms with E-state index in [9.17, 15) is 14.4 Å². The summed E-state index contributed by atoms with van der Waals surface area (Å²) in [4.78, 5) is 38.3. The van der Waals surface area contributed by atoms with Crippen LogP contribution in [0.3, 0.4) is 0 Å². The van der Waals surface area contributed by atoms with Gasteiger partial charge in [-0.1, -0.05) is 268 Å². The largest absolute Gasteiger partial charge is 0.462 e.